The maximum Gasteiger partial charge on any atom is 0.274 e. The van der Waals surface area contributed by atoms with Crippen LogP contribution in [0.4, 0.5) is 0 Å². The molecule has 3 rings (SSSR count). The van der Waals surface area contributed by atoms with E-state index in [1.54, 1.807) is 0 Å². The van der Waals surface area contributed by atoms with Gasteiger partial charge in [-0.25, -0.2) is 0 Å². The molecule has 0 aliphatic heterocycles. The SMILES string of the molecule is C1=CCC(Oc2ccccc2)(Oc2ccccc2)C=C1. The molecule has 0 saturated heterocycles. The lowest BCUT2D eigenvalue weighted by molar-refractivity contribution is -0.0687. The monoisotopic (exact) mass is 264 g/mol. The topological polar surface area (TPSA) is 18.5 Å². The van der Waals surface area contributed by atoms with Crippen molar-refractivity contribution in [3.8, 4) is 11.5 Å². The zero-order chi connectivity index (χ0) is 13.7. The molecule has 0 atom stereocenters. The van der Waals surface area contributed by atoms with Gasteiger partial charge in [-0.1, -0.05) is 54.6 Å². The number of rotatable bonds is 4. The molecular weight excluding hydrogens is 248 g/mol. The summed E-state index contributed by atoms with van der Waals surface area (Å²) in [6, 6.07) is 19.5. The Bertz CT molecular complexity index is 558. The normalized spacial score (nSPS) is 15.8. The van der Waals surface area contributed by atoms with E-state index in [-0.39, 0.29) is 0 Å². The van der Waals surface area contributed by atoms with Gasteiger partial charge in [0.25, 0.3) is 5.79 Å². The molecule has 0 unspecified atom stereocenters. The summed E-state index contributed by atoms with van der Waals surface area (Å²) in [6.07, 6.45) is 8.63. The zero-order valence-corrected chi connectivity index (χ0v) is 11.1. The number of hydrogen-bond donors (Lipinski definition) is 0. The van der Waals surface area contributed by atoms with E-state index >= 15 is 0 Å². The Morgan fingerprint density at radius 2 is 1.25 bits per heavy atom. The summed E-state index contributed by atoms with van der Waals surface area (Å²) in [6.45, 7) is 0. The van der Waals surface area contributed by atoms with Crippen molar-refractivity contribution >= 4 is 0 Å². The highest BCUT2D eigenvalue weighted by molar-refractivity contribution is 5.28. The van der Waals surface area contributed by atoms with E-state index in [0.717, 1.165) is 11.5 Å². The number of ether oxygens (including phenoxy) is 2. The molecule has 20 heavy (non-hydrogen) atoms. The molecule has 0 spiro atoms. The lowest BCUT2D eigenvalue weighted by Crippen LogP contribution is -2.40. The van der Waals surface area contributed by atoms with E-state index in [9.17, 15) is 0 Å². The van der Waals surface area contributed by atoms with Crippen LogP contribution >= 0.6 is 0 Å². The zero-order valence-electron chi connectivity index (χ0n) is 11.1. The van der Waals surface area contributed by atoms with Crippen LogP contribution in [0, 0.1) is 0 Å². The molecule has 2 aromatic rings. The molecule has 2 nitrogen and oxygen atoms in total. The van der Waals surface area contributed by atoms with Crippen LogP contribution in [0.5, 0.6) is 11.5 Å². The first-order valence-electron chi connectivity index (χ1n) is 6.69. The summed E-state index contributed by atoms with van der Waals surface area (Å²) in [4.78, 5) is 0. The first-order chi connectivity index (χ1) is 9.86. The van der Waals surface area contributed by atoms with Crippen molar-refractivity contribution in [1.29, 1.82) is 0 Å². The largest absolute Gasteiger partial charge is 0.448 e. The molecule has 0 radical (unpaired) electrons. The van der Waals surface area contributed by atoms with E-state index in [0.29, 0.717) is 6.42 Å². The summed E-state index contributed by atoms with van der Waals surface area (Å²) < 4.78 is 12.2. The van der Waals surface area contributed by atoms with Crippen LogP contribution < -0.4 is 9.47 Å². The number of hydrogen-bond acceptors (Lipinski definition) is 2. The predicted molar refractivity (Wildman–Crippen MR) is 79.8 cm³/mol. The highest BCUT2D eigenvalue weighted by Crippen LogP contribution is 2.29. The fourth-order valence-corrected chi connectivity index (χ4v) is 2.13. The van der Waals surface area contributed by atoms with Crippen molar-refractivity contribution < 1.29 is 9.47 Å². The molecule has 0 aromatic heterocycles. The quantitative estimate of drug-likeness (QED) is 0.764. The van der Waals surface area contributed by atoms with Gasteiger partial charge >= 0.3 is 0 Å². The molecule has 1 aliphatic rings. The van der Waals surface area contributed by atoms with E-state index in [4.69, 9.17) is 9.47 Å². The van der Waals surface area contributed by atoms with Crippen molar-refractivity contribution in [1.82, 2.24) is 0 Å². The Kier molecular flexibility index (Phi) is 3.55. The molecule has 0 amide bonds. The van der Waals surface area contributed by atoms with E-state index < -0.39 is 5.79 Å². The number of para-hydroxylation sites is 2. The third-order valence-corrected chi connectivity index (χ3v) is 3.07. The van der Waals surface area contributed by atoms with E-state index in [2.05, 4.69) is 0 Å². The molecule has 0 saturated carbocycles. The van der Waals surface area contributed by atoms with Gasteiger partial charge in [-0.3, -0.25) is 0 Å². The second-order valence-electron chi connectivity index (χ2n) is 4.63. The molecular formula is C18H16O2. The van der Waals surface area contributed by atoms with Crippen molar-refractivity contribution in [3.05, 3.63) is 85.0 Å². The van der Waals surface area contributed by atoms with Crippen LogP contribution in [0.15, 0.2) is 85.0 Å². The van der Waals surface area contributed by atoms with Gasteiger partial charge in [0.05, 0.1) is 0 Å². The molecule has 1 aliphatic carbocycles. The van der Waals surface area contributed by atoms with Crippen LogP contribution in [0.3, 0.4) is 0 Å². The molecule has 0 heterocycles. The standard InChI is InChI=1S/C18H16O2/c1-4-10-16(11-5-1)19-18(14-8-3-9-15-18)20-17-12-6-2-7-13-17/h1-14H,15H2. The van der Waals surface area contributed by atoms with Gasteiger partial charge in [-0.05, 0) is 30.3 Å². The minimum Gasteiger partial charge on any atom is -0.448 e. The molecule has 0 N–H and O–H groups in total. The van der Waals surface area contributed by atoms with Gasteiger partial charge in [-0.2, -0.15) is 0 Å². The second-order valence-corrected chi connectivity index (χ2v) is 4.63. The molecule has 0 fully saturated rings. The van der Waals surface area contributed by atoms with Crippen molar-refractivity contribution in [2.45, 2.75) is 12.2 Å². The number of allylic oxidation sites excluding steroid dienone is 2. The first kappa shape index (κ1) is 12.5. The summed E-state index contributed by atoms with van der Waals surface area (Å²) in [7, 11) is 0. The summed E-state index contributed by atoms with van der Waals surface area (Å²) in [5, 5.41) is 0. The minimum absolute atomic E-state index is 0.674. The second kappa shape index (κ2) is 5.66. The van der Waals surface area contributed by atoms with Gasteiger partial charge in [-0.15, -0.1) is 0 Å². The Morgan fingerprint density at radius 1 is 0.700 bits per heavy atom. The molecule has 100 valence electrons. The fraction of sp³-hybridized carbons (Fsp3) is 0.111. The Balaban J connectivity index is 1.85. The average molecular weight is 264 g/mol. The van der Waals surface area contributed by atoms with Crippen LogP contribution in [-0.2, 0) is 0 Å². The highest BCUT2D eigenvalue weighted by Gasteiger charge is 2.32. The summed E-state index contributed by atoms with van der Waals surface area (Å²) >= 11 is 0. The predicted octanol–water partition coefficient (Wildman–Crippen LogP) is 4.36. The van der Waals surface area contributed by atoms with Gasteiger partial charge in [0.15, 0.2) is 0 Å². The molecule has 0 bridgehead atoms. The lowest BCUT2D eigenvalue weighted by atomic mass is 10.1. The first-order valence-corrected chi connectivity index (χ1v) is 6.69. The highest BCUT2D eigenvalue weighted by atomic mass is 16.7. The third kappa shape index (κ3) is 2.91. The van der Waals surface area contributed by atoms with Gasteiger partial charge in [0.1, 0.15) is 11.5 Å². The van der Waals surface area contributed by atoms with E-state index in [1.165, 1.54) is 0 Å². The van der Waals surface area contributed by atoms with Crippen molar-refractivity contribution in [2.75, 3.05) is 0 Å². The summed E-state index contributed by atoms with van der Waals surface area (Å²) in [5.41, 5.74) is 0. The van der Waals surface area contributed by atoms with Crippen molar-refractivity contribution in [3.63, 3.8) is 0 Å². The van der Waals surface area contributed by atoms with Crippen LogP contribution in [0.2, 0.25) is 0 Å². The maximum absolute atomic E-state index is 6.09. The van der Waals surface area contributed by atoms with Gasteiger partial charge < -0.3 is 9.47 Å². The van der Waals surface area contributed by atoms with Crippen LogP contribution in [0.1, 0.15) is 6.42 Å². The molecule has 2 aromatic carbocycles. The van der Waals surface area contributed by atoms with Crippen molar-refractivity contribution in [2.24, 2.45) is 0 Å². The van der Waals surface area contributed by atoms with Gasteiger partial charge in [0, 0.05) is 6.42 Å². The van der Waals surface area contributed by atoms with Crippen LogP contribution in [0.25, 0.3) is 0 Å². The third-order valence-electron chi connectivity index (χ3n) is 3.07. The fourth-order valence-electron chi connectivity index (χ4n) is 2.13. The summed E-state index contributed by atoms with van der Waals surface area (Å²) in [5.74, 6) is 0.809. The maximum atomic E-state index is 6.09. The van der Waals surface area contributed by atoms with E-state index in [1.807, 2.05) is 85.0 Å². The minimum atomic E-state index is -0.780. The lowest BCUT2D eigenvalue weighted by Gasteiger charge is -2.32. The van der Waals surface area contributed by atoms with Gasteiger partial charge in [0.2, 0.25) is 0 Å². The molecule has 2 heteroatoms. The average Bonchev–Trinajstić information content (AvgIpc) is 2.50. The smallest absolute Gasteiger partial charge is 0.274 e. The Hall–Kier alpha value is -2.48. The Morgan fingerprint density at radius 3 is 1.70 bits per heavy atom. The van der Waals surface area contributed by atoms with Crippen LogP contribution in [-0.4, -0.2) is 5.79 Å². The Labute approximate surface area is 119 Å². The number of benzene rings is 2.